The molecule has 0 radical (unpaired) electrons. The molecule has 9 nitrogen and oxygen atoms in total. The SMILES string of the molecule is COC(=O)C1=C(Nc2cc(Br)c(C)cc2OS(=O)(=O)C(F)(F)F)C(=O)N(CCO)C1. The number of carbonyl (C=O) groups excluding carboxylic acids is 2. The number of rotatable bonds is 7. The van der Waals surface area contributed by atoms with Crippen LogP contribution < -0.4 is 9.50 Å². The van der Waals surface area contributed by atoms with Gasteiger partial charge in [0.15, 0.2) is 5.75 Å². The molecule has 14 heteroatoms. The van der Waals surface area contributed by atoms with Crippen LogP contribution >= 0.6 is 15.9 Å². The number of aryl methyl sites for hydroxylation is 1. The summed E-state index contributed by atoms with van der Waals surface area (Å²) in [5.41, 5.74) is -6.16. The molecule has 1 amide bonds. The topological polar surface area (TPSA) is 122 Å². The Morgan fingerprint density at radius 3 is 2.53 bits per heavy atom. The van der Waals surface area contributed by atoms with E-state index in [0.29, 0.717) is 10.0 Å². The highest BCUT2D eigenvalue weighted by Crippen LogP contribution is 2.37. The monoisotopic (exact) mass is 516 g/mol. The van der Waals surface area contributed by atoms with Gasteiger partial charge in [0.2, 0.25) is 0 Å². The first-order valence-electron chi connectivity index (χ1n) is 8.12. The Balaban J connectivity index is 2.54. The first-order chi connectivity index (χ1) is 13.8. The van der Waals surface area contributed by atoms with Crippen LogP contribution in [0.1, 0.15) is 5.56 Å². The molecule has 0 spiro atoms. The molecule has 2 N–H and O–H groups in total. The lowest BCUT2D eigenvalue weighted by Crippen LogP contribution is -2.31. The third-order valence-corrected chi connectivity index (χ3v) is 5.78. The van der Waals surface area contributed by atoms with Gasteiger partial charge < -0.3 is 24.2 Å². The van der Waals surface area contributed by atoms with Crippen LogP contribution in [0.3, 0.4) is 0 Å². The number of ether oxygens (including phenoxy) is 1. The normalized spacial score (nSPS) is 14.9. The summed E-state index contributed by atoms with van der Waals surface area (Å²) in [6.07, 6.45) is 0. The molecule has 1 aromatic carbocycles. The summed E-state index contributed by atoms with van der Waals surface area (Å²) in [6, 6.07) is 2.21. The molecule has 30 heavy (non-hydrogen) atoms. The number of amides is 1. The van der Waals surface area contributed by atoms with Gasteiger partial charge in [-0.2, -0.15) is 21.6 Å². The third-order valence-electron chi connectivity index (χ3n) is 3.96. The Bertz CT molecular complexity index is 1010. The van der Waals surface area contributed by atoms with E-state index >= 15 is 0 Å². The predicted octanol–water partition coefficient (Wildman–Crippen LogP) is 1.66. The lowest BCUT2D eigenvalue weighted by atomic mass is 10.2. The first kappa shape index (κ1) is 24.0. The number of hydrogen-bond acceptors (Lipinski definition) is 8. The number of anilines is 1. The van der Waals surface area contributed by atoms with E-state index in [-0.39, 0.29) is 30.0 Å². The van der Waals surface area contributed by atoms with E-state index in [4.69, 9.17) is 5.11 Å². The van der Waals surface area contributed by atoms with Crippen LogP contribution in [0.4, 0.5) is 18.9 Å². The molecule has 0 saturated carbocycles. The number of carbonyl (C=O) groups is 2. The zero-order chi connectivity index (χ0) is 22.9. The van der Waals surface area contributed by atoms with E-state index in [0.717, 1.165) is 18.1 Å². The molecule has 1 aromatic rings. The van der Waals surface area contributed by atoms with Crippen molar-refractivity contribution in [2.24, 2.45) is 0 Å². The Morgan fingerprint density at radius 1 is 1.37 bits per heavy atom. The second kappa shape index (κ2) is 8.81. The Morgan fingerprint density at radius 2 is 2.00 bits per heavy atom. The third kappa shape index (κ3) is 4.87. The fourth-order valence-corrected chi connectivity index (χ4v) is 3.28. The lowest BCUT2D eigenvalue weighted by Gasteiger charge is -2.17. The van der Waals surface area contributed by atoms with Crippen LogP contribution in [-0.4, -0.2) is 62.6 Å². The highest BCUT2D eigenvalue weighted by Gasteiger charge is 2.49. The number of benzene rings is 1. The van der Waals surface area contributed by atoms with Gasteiger partial charge in [0.05, 0.1) is 31.5 Å². The van der Waals surface area contributed by atoms with Crippen molar-refractivity contribution in [2.75, 3.05) is 32.1 Å². The van der Waals surface area contributed by atoms with Crippen molar-refractivity contribution in [1.82, 2.24) is 4.90 Å². The van der Waals surface area contributed by atoms with E-state index in [1.807, 2.05) is 0 Å². The molecule has 0 saturated heterocycles. The van der Waals surface area contributed by atoms with Gasteiger partial charge in [0.25, 0.3) is 5.91 Å². The molecular formula is C16H16BrF3N2O7S. The van der Waals surface area contributed by atoms with Crippen LogP contribution in [0.2, 0.25) is 0 Å². The van der Waals surface area contributed by atoms with Crippen molar-refractivity contribution in [2.45, 2.75) is 12.4 Å². The number of nitrogens with one attached hydrogen (secondary N) is 1. The standard InChI is InChI=1S/C16H16BrF3N2O7S/c1-8-5-12(29-30(26,27)16(18,19)20)11(6-10(8)17)21-13-9(15(25)28-2)7-22(3-4-23)14(13)24/h5-6,21,23H,3-4,7H2,1-2H3. The lowest BCUT2D eigenvalue weighted by molar-refractivity contribution is -0.136. The summed E-state index contributed by atoms with van der Waals surface area (Å²) in [6.45, 7) is 0.734. The van der Waals surface area contributed by atoms with Crippen LogP contribution in [-0.2, 0) is 24.4 Å². The Hall–Kier alpha value is -2.32. The maximum Gasteiger partial charge on any atom is 0.534 e. The zero-order valence-corrected chi connectivity index (χ0v) is 17.9. The first-order valence-corrected chi connectivity index (χ1v) is 10.3. The molecule has 0 unspecified atom stereocenters. The van der Waals surface area contributed by atoms with Gasteiger partial charge in [-0.1, -0.05) is 15.9 Å². The number of β-amino-alcohol motifs (C(OH)–C–C–N with tert-alkyl or cyclic N) is 1. The minimum absolute atomic E-state index is 0.117. The summed E-state index contributed by atoms with van der Waals surface area (Å²) >= 11 is 3.16. The Kier molecular flexibility index (Phi) is 7.04. The summed E-state index contributed by atoms with van der Waals surface area (Å²) in [5, 5.41) is 11.5. The number of halogens is 4. The van der Waals surface area contributed by atoms with Gasteiger partial charge in [0.1, 0.15) is 5.70 Å². The number of nitrogens with zero attached hydrogens (tertiary/aromatic N) is 1. The minimum atomic E-state index is -6.00. The van der Waals surface area contributed by atoms with E-state index in [2.05, 4.69) is 30.2 Å². The maximum atomic E-state index is 12.7. The largest absolute Gasteiger partial charge is 0.534 e. The summed E-state index contributed by atoms with van der Waals surface area (Å²) in [7, 11) is -4.93. The van der Waals surface area contributed by atoms with Gasteiger partial charge in [0, 0.05) is 11.0 Å². The smallest absolute Gasteiger partial charge is 0.466 e. The van der Waals surface area contributed by atoms with E-state index < -0.39 is 39.9 Å². The molecule has 0 fully saturated rings. The van der Waals surface area contributed by atoms with Crippen LogP contribution in [0.25, 0.3) is 0 Å². The van der Waals surface area contributed by atoms with Crippen molar-refractivity contribution >= 4 is 43.6 Å². The molecule has 1 heterocycles. The predicted molar refractivity (Wildman–Crippen MR) is 101 cm³/mol. The van der Waals surface area contributed by atoms with Crippen molar-refractivity contribution < 1.29 is 45.2 Å². The van der Waals surface area contributed by atoms with Gasteiger partial charge >= 0.3 is 21.6 Å². The minimum Gasteiger partial charge on any atom is -0.466 e. The molecule has 0 atom stereocenters. The van der Waals surface area contributed by atoms with Crippen molar-refractivity contribution in [1.29, 1.82) is 0 Å². The average molecular weight is 517 g/mol. The molecule has 0 aliphatic carbocycles. The fourth-order valence-electron chi connectivity index (χ4n) is 2.47. The zero-order valence-electron chi connectivity index (χ0n) is 15.5. The molecule has 2 rings (SSSR count). The average Bonchev–Trinajstić information content (AvgIpc) is 2.94. The fraction of sp³-hybridized carbons (Fsp3) is 0.375. The van der Waals surface area contributed by atoms with Gasteiger partial charge in [-0.05, 0) is 24.6 Å². The number of esters is 1. The quantitative estimate of drug-likeness (QED) is 0.318. The summed E-state index contributed by atoms with van der Waals surface area (Å²) < 4.78 is 70.4. The van der Waals surface area contributed by atoms with Gasteiger partial charge in [-0.15, -0.1) is 0 Å². The molecular weight excluding hydrogens is 501 g/mol. The van der Waals surface area contributed by atoms with Crippen molar-refractivity contribution in [3.63, 3.8) is 0 Å². The van der Waals surface area contributed by atoms with Crippen LogP contribution in [0.15, 0.2) is 27.9 Å². The summed E-state index contributed by atoms with van der Waals surface area (Å²) in [5.74, 6) is -2.37. The van der Waals surface area contributed by atoms with E-state index in [1.165, 1.54) is 13.0 Å². The van der Waals surface area contributed by atoms with E-state index in [9.17, 15) is 31.2 Å². The number of aliphatic hydroxyl groups excluding tert-OH is 1. The number of aliphatic hydroxyl groups is 1. The van der Waals surface area contributed by atoms with Gasteiger partial charge in [-0.25, -0.2) is 4.79 Å². The van der Waals surface area contributed by atoms with E-state index in [1.54, 1.807) is 0 Å². The maximum absolute atomic E-state index is 12.7. The van der Waals surface area contributed by atoms with Crippen LogP contribution in [0.5, 0.6) is 5.75 Å². The number of alkyl halides is 3. The molecule has 166 valence electrons. The number of methoxy groups -OCH3 is 1. The highest BCUT2D eigenvalue weighted by molar-refractivity contribution is 9.10. The van der Waals surface area contributed by atoms with Gasteiger partial charge in [-0.3, -0.25) is 4.79 Å². The van der Waals surface area contributed by atoms with Crippen LogP contribution in [0, 0.1) is 6.92 Å². The highest BCUT2D eigenvalue weighted by atomic mass is 79.9. The Labute approximate surface area is 177 Å². The molecule has 0 aromatic heterocycles. The van der Waals surface area contributed by atoms with Crippen molar-refractivity contribution in [3.8, 4) is 5.75 Å². The summed E-state index contributed by atoms with van der Waals surface area (Å²) in [4.78, 5) is 25.7. The molecule has 0 bridgehead atoms. The van der Waals surface area contributed by atoms with Crippen molar-refractivity contribution in [3.05, 3.63) is 33.4 Å². The molecule has 1 aliphatic rings. The number of hydrogen-bond donors (Lipinski definition) is 2. The second-order valence-corrected chi connectivity index (χ2v) is 8.39. The molecule has 1 aliphatic heterocycles. The second-order valence-electron chi connectivity index (χ2n) is 6.00.